The molecule has 0 aromatic heterocycles. The van der Waals surface area contributed by atoms with Crippen LogP contribution in [-0.4, -0.2) is 16.6 Å². The van der Waals surface area contributed by atoms with Crippen LogP contribution >= 0.6 is 0 Å². The third kappa shape index (κ3) is 7.69. The molecule has 0 aliphatic carbocycles. The van der Waals surface area contributed by atoms with Gasteiger partial charge < -0.3 is 8.85 Å². The summed E-state index contributed by atoms with van der Waals surface area (Å²) in [6, 6.07) is 8.90. The van der Waals surface area contributed by atoms with Crippen LogP contribution in [0, 0.1) is 0 Å². The van der Waals surface area contributed by atoms with Gasteiger partial charge in [0.15, 0.2) is 5.43 Å². The van der Waals surface area contributed by atoms with Gasteiger partial charge in [0.05, 0.1) is 0 Å². The predicted molar refractivity (Wildman–Crippen MR) is 189 cm³/mol. The van der Waals surface area contributed by atoms with Crippen LogP contribution in [0.15, 0.2) is 29.1 Å². The van der Waals surface area contributed by atoms with Crippen molar-refractivity contribution in [1.29, 1.82) is 0 Å². The number of hydrogen-bond donors (Lipinski definition) is 0. The number of rotatable bonds is 6. The van der Waals surface area contributed by atoms with Crippen molar-refractivity contribution < 1.29 is 8.85 Å². The minimum atomic E-state index is -1.89. The Hall–Kier alpha value is -2.12. The fraction of sp³-hybridized carbons (Fsp3) is 0.595. The SMILES string of the molecule is CC(C)(C)c1cc(-c2c(-c3cc(C(C)(C)C)c(O[Si](C)(C)C)c(C(C)(C)C)c3)c2=O)cc(C(C)(C)C)c1O[Si](C)(C)C. The summed E-state index contributed by atoms with van der Waals surface area (Å²) in [5.74, 6) is 2.01. The first-order valence-electron chi connectivity index (χ1n) is 15.6. The number of hydrogen-bond acceptors (Lipinski definition) is 3. The summed E-state index contributed by atoms with van der Waals surface area (Å²) in [4.78, 5) is 13.8. The molecule has 0 spiro atoms. The second-order valence-electron chi connectivity index (χ2n) is 18.3. The zero-order valence-corrected chi connectivity index (χ0v) is 32.0. The maximum Gasteiger partial charge on any atom is 0.242 e. The van der Waals surface area contributed by atoms with E-state index in [0.29, 0.717) is 0 Å². The largest absolute Gasteiger partial charge is 0.544 e. The fourth-order valence-electron chi connectivity index (χ4n) is 5.33. The van der Waals surface area contributed by atoms with Crippen LogP contribution in [0.3, 0.4) is 0 Å². The van der Waals surface area contributed by atoms with Crippen LogP contribution in [-0.2, 0) is 21.7 Å². The van der Waals surface area contributed by atoms with E-state index in [1.165, 1.54) is 22.3 Å². The van der Waals surface area contributed by atoms with Crippen molar-refractivity contribution in [2.24, 2.45) is 0 Å². The van der Waals surface area contributed by atoms with Crippen molar-refractivity contribution in [3.05, 3.63) is 56.7 Å². The minimum absolute atomic E-state index is 0.141. The molecule has 0 N–H and O–H groups in total. The van der Waals surface area contributed by atoms with Crippen molar-refractivity contribution in [3.8, 4) is 33.8 Å². The summed E-state index contributed by atoms with van der Waals surface area (Å²) in [5.41, 5.74) is 7.95. The molecule has 42 heavy (non-hydrogen) atoms. The zero-order chi connectivity index (χ0) is 32.6. The van der Waals surface area contributed by atoms with E-state index >= 15 is 0 Å². The molecule has 0 radical (unpaired) electrons. The van der Waals surface area contributed by atoms with Gasteiger partial charge in [-0.1, -0.05) is 83.1 Å². The number of benzene rings is 2. The predicted octanol–water partition coefficient (Wildman–Crippen LogP) is 10.9. The molecular weight excluding hydrogens is 549 g/mol. The minimum Gasteiger partial charge on any atom is -0.544 e. The molecule has 0 bridgehead atoms. The molecule has 232 valence electrons. The summed E-state index contributed by atoms with van der Waals surface area (Å²) in [5, 5.41) is 0. The summed E-state index contributed by atoms with van der Waals surface area (Å²) in [6.07, 6.45) is 0. The Labute approximate surface area is 259 Å². The second kappa shape index (κ2) is 10.5. The Morgan fingerprint density at radius 1 is 0.452 bits per heavy atom. The molecule has 0 heterocycles. The lowest BCUT2D eigenvalue weighted by Gasteiger charge is -2.34. The first-order chi connectivity index (χ1) is 18.5. The van der Waals surface area contributed by atoms with Gasteiger partial charge in [-0.2, -0.15) is 0 Å². The molecule has 3 aromatic carbocycles. The van der Waals surface area contributed by atoms with Crippen molar-refractivity contribution >= 4 is 16.6 Å². The highest BCUT2D eigenvalue weighted by Crippen LogP contribution is 2.48. The van der Waals surface area contributed by atoms with Crippen molar-refractivity contribution in [1.82, 2.24) is 0 Å². The summed E-state index contributed by atoms with van der Waals surface area (Å²) >= 11 is 0. The van der Waals surface area contributed by atoms with E-state index in [0.717, 1.165) is 33.8 Å². The van der Waals surface area contributed by atoms with Crippen LogP contribution < -0.4 is 14.3 Å². The quantitative estimate of drug-likeness (QED) is 0.262. The van der Waals surface area contributed by atoms with Gasteiger partial charge in [-0.25, -0.2) is 0 Å². The average molecular weight is 607 g/mol. The van der Waals surface area contributed by atoms with Crippen LogP contribution in [0.25, 0.3) is 22.3 Å². The Kier molecular flexibility index (Phi) is 8.60. The van der Waals surface area contributed by atoms with E-state index in [2.05, 4.69) is 147 Å². The lowest BCUT2D eigenvalue weighted by atomic mass is 9.77. The van der Waals surface area contributed by atoms with Gasteiger partial charge >= 0.3 is 0 Å². The molecule has 0 saturated heterocycles. The van der Waals surface area contributed by atoms with E-state index in [9.17, 15) is 4.79 Å². The Morgan fingerprint density at radius 3 is 0.833 bits per heavy atom. The topological polar surface area (TPSA) is 35.5 Å². The molecule has 3 rings (SSSR count). The van der Waals surface area contributed by atoms with Crippen LogP contribution in [0.4, 0.5) is 0 Å². The maximum absolute atomic E-state index is 13.8. The lowest BCUT2D eigenvalue weighted by Crippen LogP contribution is -2.32. The van der Waals surface area contributed by atoms with Crippen LogP contribution in [0.5, 0.6) is 11.5 Å². The third-order valence-electron chi connectivity index (χ3n) is 7.45. The second-order valence-corrected chi connectivity index (χ2v) is 27.2. The van der Waals surface area contributed by atoms with Gasteiger partial charge in [0.2, 0.25) is 16.6 Å². The first-order valence-corrected chi connectivity index (χ1v) is 22.4. The molecule has 5 heteroatoms. The maximum atomic E-state index is 13.8. The summed E-state index contributed by atoms with van der Waals surface area (Å²) < 4.78 is 13.6. The van der Waals surface area contributed by atoms with E-state index in [-0.39, 0.29) is 27.1 Å². The molecule has 0 unspecified atom stereocenters. The molecule has 0 fully saturated rings. The molecular formula is C37H58O3Si2. The smallest absolute Gasteiger partial charge is 0.242 e. The van der Waals surface area contributed by atoms with E-state index in [1.807, 2.05) is 0 Å². The van der Waals surface area contributed by atoms with Crippen molar-refractivity contribution in [2.75, 3.05) is 0 Å². The van der Waals surface area contributed by atoms with E-state index in [4.69, 9.17) is 8.85 Å². The average Bonchev–Trinajstić information content (AvgIpc) is 3.39. The van der Waals surface area contributed by atoms with Crippen LogP contribution in [0.1, 0.15) is 105 Å². The first kappa shape index (κ1) is 34.4. The highest BCUT2D eigenvalue weighted by Gasteiger charge is 2.36. The van der Waals surface area contributed by atoms with Crippen LogP contribution in [0.2, 0.25) is 39.3 Å². The standard InChI is InChI=1S/C37H58O3Si2/c1-34(2,3)25-19-23(20-26(35(4,5)6)32(25)39-41(13,14)15)29-30(31(29)38)24-21-27(36(7,8)9)33(40-42(16,17)18)28(22-24)37(10,11)12/h19-22H,1-18H3. The molecule has 0 aliphatic rings. The van der Waals surface area contributed by atoms with Gasteiger partial charge in [-0.05, 0) is 119 Å². The zero-order valence-electron chi connectivity index (χ0n) is 30.0. The lowest BCUT2D eigenvalue weighted by molar-refractivity contribution is 0.477. The molecule has 0 aliphatic heterocycles. The monoisotopic (exact) mass is 606 g/mol. The Morgan fingerprint density at radius 2 is 0.667 bits per heavy atom. The fourth-order valence-corrected chi connectivity index (χ4v) is 6.99. The molecule has 0 saturated carbocycles. The Bertz CT molecular complexity index is 1290. The summed E-state index contributed by atoms with van der Waals surface area (Å²) in [6.45, 7) is 40.3. The van der Waals surface area contributed by atoms with Gasteiger partial charge in [0, 0.05) is 11.1 Å². The molecule has 0 atom stereocenters. The highest BCUT2D eigenvalue weighted by molar-refractivity contribution is 6.70. The molecule has 0 amide bonds. The van der Waals surface area contributed by atoms with E-state index in [1.54, 1.807) is 0 Å². The Balaban J connectivity index is 2.37. The van der Waals surface area contributed by atoms with Gasteiger partial charge in [0.25, 0.3) is 0 Å². The van der Waals surface area contributed by atoms with Gasteiger partial charge in [-0.15, -0.1) is 0 Å². The normalized spacial score (nSPS) is 14.0. The van der Waals surface area contributed by atoms with E-state index < -0.39 is 16.6 Å². The van der Waals surface area contributed by atoms with Gasteiger partial charge in [-0.3, -0.25) is 4.79 Å². The van der Waals surface area contributed by atoms with Crippen molar-refractivity contribution in [3.63, 3.8) is 0 Å². The van der Waals surface area contributed by atoms with Crippen molar-refractivity contribution in [2.45, 2.75) is 144 Å². The molecule has 3 nitrogen and oxygen atoms in total. The third-order valence-corrected chi connectivity index (χ3v) is 9.08. The summed E-state index contributed by atoms with van der Waals surface area (Å²) in [7, 11) is -3.77. The van der Waals surface area contributed by atoms with Gasteiger partial charge in [0.1, 0.15) is 11.5 Å². The molecule has 3 aromatic rings. The highest BCUT2D eigenvalue weighted by atomic mass is 28.4.